The van der Waals surface area contributed by atoms with Crippen molar-refractivity contribution in [3.63, 3.8) is 0 Å². The molecule has 1 aromatic rings. The summed E-state index contributed by atoms with van der Waals surface area (Å²) in [6.07, 6.45) is 4.65. The van der Waals surface area contributed by atoms with E-state index >= 15 is 0 Å². The largest absolute Gasteiger partial charge is 0.388 e. The van der Waals surface area contributed by atoms with Gasteiger partial charge in [-0.15, -0.1) is 0 Å². The molecule has 7 heteroatoms. The molecule has 1 aliphatic heterocycles. The Kier molecular flexibility index (Phi) is 6.65. The van der Waals surface area contributed by atoms with Gasteiger partial charge in [-0.2, -0.15) is 0 Å². The van der Waals surface area contributed by atoms with Gasteiger partial charge in [-0.3, -0.25) is 9.89 Å². The third kappa shape index (κ3) is 5.62. The van der Waals surface area contributed by atoms with Gasteiger partial charge in [-0.25, -0.2) is 8.78 Å². The van der Waals surface area contributed by atoms with Crippen LogP contribution < -0.4 is 10.6 Å². The summed E-state index contributed by atoms with van der Waals surface area (Å²) in [5.41, 5.74) is 0.180. The summed E-state index contributed by atoms with van der Waals surface area (Å²) in [6.45, 7) is 5.65. The van der Waals surface area contributed by atoms with Gasteiger partial charge in [0, 0.05) is 32.2 Å². The summed E-state index contributed by atoms with van der Waals surface area (Å²) in [5.74, 6) is -0.830. The van der Waals surface area contributed by atoms with Gasteiger partial charge < -0.3 is 15.7 Å². The molecule has 0 spiro atoms. The SMILES string of the molecule is CCNC(=NCC1(O)CCC1)NC1CCN(Cc2ccc(F)c(F)c2)CC1. The molecule has 27 heavy (non-hydrogen) atoms. The highest BCUT2D eigenvalue weighted by molar-refractivity contribution is 5.80. The third-order valence-electron chi connectivity index (χ3n) is 5.48. The summed E-state index contributed by atoms with van der Waals surface area (Å²) in [7, 11) is 0. The maximum atomic E-state index is 13.4. The average molecular weight is 380 g/mol. The van der Waals surface area contributed by atoms with E-state index in [4.69, 9.17) is 0 Å². The molecule has 1 heterocycles. The molecule has 0 amide bonds. The van der Waals surface area contributed by atoms with Crippen LogP contribution in [-0.2, 0) is 6.54 Å². The molecule has 1 aromatic carbocycles. The highest BCUT2D eigenvalue weighted by atomic mass is 19.2. The molecule has 2 fully saturated rings. The van der Waals surface area contributed by atoms with Crippen LogP contribution >= 0.6 is 0 Å². The van der Waals surface area contributed by atoms with E-state index in [9.17, 15) is 13.9 Å². The molecular weight excluding hydrogens is 350 g/mol. The lowest BCUT2D eigenvalue weighted by atomic mass is 9.80. The summed E-state index contributed by atoms with van der Waals surface area (Å²) >= 11 is 0. The standard InChI is InChI=1S/C20H30F2N4O/c1-2-23-19(24-14-20(27)8-3-9-20)25-16-6-10-26(11-7-16)13-15-4-5-17(21)18(22)12-15/h4-5,12,16,27H,2-3,6-11,13-14H2,1H3,(H2,23,24,25). The average Bonchev–Trinajstić information content (AvgIpc) is 2.63. The first-order chi connectivity index (χ1) is 13.0. The van der Waals surface area contributed by atoms with Crippen molar-refractivity contribution in [1.82, 2.24) is 15.5 Å². The van der Waals surface area contributed by atoms with E-state index in [2.05, 4.69) is 20.5 Å². The Bertz CT molecular complexity index is 655. The third-order valence-corrected chi connectivity index (χ3v) is 5.48. The molecule has 1 aliphatic carbocycles. The Morgan fingerprint density at radius 2 is 2.00 bits per heavy atom. The van der Waals surface area contributed by atoms with Crippen LogP contribution in [0.15, 0.2) is 23.2 Å². The number of hydrogen-bond acceptors (Lipinski definition) is 3. The van der Waals surface area contributed by atoms with Crippen molar-refractivity contribution >= 4 is 5.96 Å². The molecule has 0 unspecified atom stereocenters. The van der Waals surface area contributed by atoms with E-state index < -0.39 is 17.2 Å². The Morgan fingerprint density at radius 3 is 2.59 bits per heavy atom. The quantitative estimate of drug-likeness (QED) is 0.524. The molecule has 0 aromatic heterocycles. The lowest BCUT2D eigenvalue weighted by molar-refractivity contribution is -0.0236. The number of rotatable bonds is 6. The second kappa shape index (κ2) is 8.97. The summed E-state index contributed by atoms with van der Waals surface area (Å²) in [6, 6.07) is 4.43. The molecule has 1 saturated heterocycles. The Balaban J connectivity index is 1.47. The van der Waals surface area contributed by atoms with Gasteiger partial charge in [0.05, 0.1) is 12.1 Å². The number of nitrogens with zero attached hydrogens (tertiary/aromatic N) is 2. The van der Waals surface area contributed by atoms with E-state index in [1.54, 1.807) is 6.07 Å². The number of aliphatic hydroxyl groups is 1. The number of guanidine groups is 1. The summed E-state index contributed by atoms with van der Waals surface area (Å²) in [5, 5.41) is 16.9. The number of piperidine rings is 1. The zero-order valence-corrected chi connectivity index (χ0v) is 16.0. The van der Waals surface area contributed by atoms with Crippen LogP contribution in [0.1, 0.15) is 44.6 Å². The van der Waals surface area contributed by atoms with Gasteiger partial charge >= 0.3 is 0 Å². The molecule has 1 saturated carbocycles. The number of likely N-dealkylation sites (tertiary alicyclic amines) is 1. The van der Waals surface area contributed by atoms with E-state index in [0.29, 0.717) is 19.1 Å². The molecule has 3 rings (SSSR count). The molecule has 150 valence electrons. The highest BCUT2D eigenvalue weighted by Crippen LogP contribution is 2.31. The minimum absolute atomic E-state index is 0.319. The Hall–Kier alpha value is -1.73. The molecule has 0 atom stereocenters. The van der Waals surface area contributed by atoms with Crippen molar-refractivity contribution in [2.75, 3.05) is 26.2 Å². The monoisotopic (exact) mass is 380 g/mol. The van der Waals surface area contributed by atoms with Crippen LogP contribution in [0.25, 0.3) is 0 Å². The molecule has 0 bridgehead atoms. The molecule has 2 aliphatic rings. The fourth-order valence-corrected chi connectivity index (χ4v) is 3.61. The highest BCUT2D eigenvalue weighted by Gasteiger charge is 2.34. The molecule has 5 nitrogen and oxygen atoms in total. The second-order valence-corrected chi connectivity index (χ2v) is 7.72. The lowest BCUT2D eigenvalue weighted by Crippen LogP contribution is -2.49. The van der Waals surface area contributed by atoms with Crippen LogP contribution in [0.3, 0.4) is 0 Å². The van der Waals surface area contributed by atoms with Gasteiger partial charge in [0.2, 0.25) is 0 Å². The number of nitrogens with one attached hydrogen (secondary N) is 2. The van der Waals surface area contributed by atoms with Crippen LogP contribution in [0.4, 0.5) is 8.78 Å². The number of aliphatic imine (C=N–C) groups is 1. The van der Waals surface area contributed by atoms with Crippen molar-refractivity contribution in [1.29, 1.82) is 0 Å². The molecule has 3 N–H and O–H groups in total. The van der Waals surface area contributed by atoms with Gasteiger partial charge in [0.25, 0.3) is 0 Å². The van der Waals surface area contributed by atoms with Crippen molar-refractivity contribution in [2.24, 2.45) is 4.99 Å². The van der Waals surface area contributed by atoms with Crippen LogP contribution in [0.2, 0.25) is 0 Å². The normalized spacial score (nSPS) is 21.0. The first kappa shape index (κ1) is 20.0. The van der Waals surface area contributed by atoms with Crippen molar-refractivity contribution in [3.05, 3.63) is 35.4 Å². The number of hydrogen-bond donors (Lipinski definition) is 3. The zero-order chi connectivity index (χ0) is 19.3. The summed E-state index contributed by atoms with van der Waals surface area (Å²) < 4.78 is 26.4. The fourth-order valence-electron chi connectivity index (χ4n) is 3.61. The minimum Gasteiger partial charge on any atom is -0.388 e. The lowest BCUT2D eigenvalue weighted by Gasteiger charge is -2.36. The van der Waals surface area contributed by atoms with E-state index in [1.165, 1.54) is 12.1 Å². The molecule has 0 radical (unpaired) electrons. The predicted molar refractivity (Wildman–Crippen MR) is 103 cm³/mol. The van der Waals surface area contributed by atoms with Crippen molar-refractivity contribution < 1.29 is 13.9 Å². The van der Waals surface area contributed by atoms with Gasteiger partial charge in [-0.05, 0) is 56.7 Å². The van der Waals surface area contributed by atoms with Gasteiger partial charge in [-0.1, -0.05) is 6.07 Å². The van der Waals surface area contributed by atoms with Gasteiger partial charge in [0.15, 0.2) is 17.6 Å². The van der Waals surface area contributed by atoms with Gasteiger partial charge in [0.1, 0.15) is 0 Å². The fraction of sp³-hybridized carbons (Fsp3) is 0.650. The Labute approximate surface area is 159 Å². The number of halogens is 2. The van der Waals surface area contributed by atoms with Crippen molar-refractivity contribution in [3.8, 4) is 0 Å². The van der Waals surface area contributed by atoms with Crippen molar-refractivity contribution in [2.45, 2.75) is 57.2 Å². The minimum atomic E-state index is -0.802. The first-order valence-corrected chi connectivity index (χ1v) is 9.91. The number of benzene rings is 1. The topological polar surface area (TPSA) is 59.9 Å². The Morgan fingerprint density at radius 1 is 1.26 bits per heavy atom. The second-order valence-electron chi connectivity index (χ2n) is 7.72. The smallest absolute Gasteiger partial charge is 0.191 e. The van der Waals surface area contributed by atoms with Crippen LogP contribution in [0.5, 0.6) is 0 Å². The van der Waals surface area contributed by atoms with Crippen LogP contribution in [0, 0.1) is 11.6 Å². The zero-order valence-electron chi connectivity index (χ0n) is 16.0. The summed E-state index contributed by atoms with van der Waals surface area (Å²) in [4.78, 5) is 6.82. The van der Waals surface area contributed by atoms with E-state index in [0.717, 1.165) is 63.3 Å². The van der Waals surface area contributed by atoms with Crippen LogP contribution in [-0.4, -0.2) is 53.8 Å². The predicted octanol–water partition coefficient (Wildman–Crippen LogP) is 2.40. The van der Waals surface area contributed by atoms with E-state index in [-0.39, 0.29) is 0 Å². The van der Waals surface area contributed by atoms with E-state index in [1.807, 2.05) is 6.92 Å². The maximum absolute atomic E-state index is 13.4. The molecular formula is C20H30F2N4O. The first-order valence-electron chi connectivity index (χ1n) is 9.91. The maximum Gasteiger partial charge on any atom is 0.191 e.